The third kappa shape index (κ3) is 5.90. The molecule has 3 N–H and O–H groups in total. The second kappa shape index (κ2) is 8.99. The summed E-state index contributed by atoms with van der Waals surface area (Å²) in [6.07, 6.45) is 0. The van der Waals surface area contributed by atoms with E-state index in [2.05, 4.69) is 15.4 Å². The van der Waals surface area contributed by atoms with Crippen molar-refractivity contribution in [1.82, 2.24) is 10.0 Å². The van der Waals surface area contributed by atoms with E-state index in [0.29, 0.717) is 5.69 Å². The summed E-state index contributed by atoms with van der Waals surface area (Å²) in [4.78, 5) is 24.3. The van der Waals surface area contributed by atoms with Crippen LogP contribution in [0.1, 0.15) is 35.3 Å². The van der Waals surface area contributed by atoms with Gasteiger partial charge in [0, 0.05) is 17.3 Å². The first-order valence-electron chi connectivity index (χ1n) is 8.86. The first-order chi connectivity index (χ1) is 13.1. The Morgan fingerprint density at radius 1 is 1.00 bits per heavy atom. The number of hydrogen-bond donors (Lipinski definition) is 3. The Kier molecular flexibility index (Phi) is 6.93. The molecule has 7 nitrogen and oxygen atoms in total. The molecule has 0 aliphatic carbocycles. The SMILES string of the molecule is Cc1ccc(NC(=O)CNC(=O)c2ccc(S(=O)(=O)NC(C)C)cc2)c(C)c1. The molecular weight excluding hydrogens is 378 g/mol. The van der Waals surface area contributed by atoms with Crippen LogP contribution >= 0.6 is 0 Å². The van der Waals surface area contributed by atoms with Crippen molar-refractivity contribution >= 4 is 27.5 Å². The molecule has 0 aliphatic rings. The van der Waals surface area contributed by atoms with Crippen molar-refractivity contribution < 1.29 is 18.0 Å². The summed E-state index contributed by atoms with van der Waals surface area (Å²) in [6.45, 7) is 7.12. The minimum atomic E-state index is -3.62. The van der Waals surface area contributed by atoms with Crippen molar-refractivity contribution in [2.45, 2.75) is 38.6 Å². The van der Waals surface area contributed by atoms with Gasteiger partial charge in [0.2, 0.25) is 15.9 Å². The van der Waals surface area contributed by atoms with Crippen LogP contribution in [0.3, 0.4) is 0 Å². The summed E-state index contributed by atoms with van der Waals surface area (Å²) in [5.74, 6) is -0.808. The molecule has 2 aromatic rings. The molecule has 0 atom stereocenters. The summed E-state index contributed by atoms with van der Waals surface area (Å²) in [5.41, 5.74) is 2.99. The van der Waals surface area contributed by atoms with Gasteiger partial charge in [-0.15, -0.1) is 0 Å². The Balaban J connectivity index is 1.95. The van der Waals surface area contributed by atoms with Crippen LogP contribution in [0.4, 0.5) is 5.69 Å². The number of benzene rings is 2. The van der Waals surface area contributed by atoms with E-state index in [-0.39, 0.29) is 29.0 Å². The Hall–Kier alpha value is -2.71. The van der Waals surface area contributed by atoms with Crippen LogP contribution in [0, 0.1) is 13.8 Å². The van der Waals surface area contributed by atoms with Crippen molar-refractivity contribution in [2.24, 2.45) is 0 Å². The lowest BCUT2D eigenvalue weighted by Gasteiger charge is -2.11. The van der Waals surface area contributed by atoms with Gasteiger partial charge in [0.05, 0.1) is 11.4 Å². The fourth-order valence-electron chi connectivity index (χ4n) is 2.57. The van der Waals surface area contributed by atoms with Crippen LogP contribution in [0.15, 0.2) is 47.4 Å². The highest BCUT2D eigenvalue weighted by Gasteiger charge is 2.16. The van der Waals surface area contributed by atoms with E-state index in [1.807, 2.05) is 32.0 Å². The molecule has 8 heteroatoms. The van der Waals surface area contributed by atoms with Gasteiger partial charge in [-0.2, -0.15) is 0 Å². The number of rotatable bonds is 7. The van der Waals surface area contributed by atoms with Crippen molar-refractivity contribution in [3.63, 3.8) is 0 Å². The maximum atomic E-state index is 12.2. The highest BCUT2D eigenvalue weighted by Crippen LogP contribution is 2.15. The average Bonchev–Trinajstić information content (AvgIpc) is 2.61. The van der Waals surface area contributed by atoms with E-state index in [1.54, 1.807) is 13.8 Å². The van der Waals surface area contributed by atoms with Crippen LogP contribution in [0.25, 0.3) is 0 Å². The zero-order valence-corrected chi connectivity index (χ0v) is 17.2. The maximum Gasteiger partial charge on any atom is 0.251 e. The average molecular weight is 404 g/mol. The fourth-order valence-corrected chi connectivity index (χ4v) is 3.83. The molecule has 2 rings (SSSR count). The smallest absolute Gasteiger partial charge is 0.251 e. The standard InChI is InChI=1S/C20H25N3O4S/c1-13(2)23-28(26,27)17-8-6-16(7-9-17)20(25)21-12-19(24)22-18-10-5-14(3)11-15(18)4/h5-11,13,23H,12H2,1-4H3,(H,21,25)(H,22,24). The van der Waals surface area contributed by atoms with Crippen molar-refractivity contribution in [3.05, 3.63) is 59.2 Å². The second-order valence-electron chi connectivity index (χ2n) is 6.85. The Morgan fingerprint density at radius 3 is 2.21 bits per heavy atom. The van der Waals surface area contributed by atoms with Gasteiger partial charge < -0.3 is 10.6 Å². The van der Waals surface area contributed by atoms with Crippen LogP contribution in [-0.2, 0) is 14.8 Å². The second-order valence-corrected chi connectivity index (χ2v) is 8.56. The summed E-state index contributed by atoms with van der Waals surface area (Å²) in [7, 11) is -3.62. The van der Waals surface area contributed by atoms with Crippen molar-refractivity contribution in [2.75, 3.05) is 11.9 Å². The minimum absolute atomic E-state index is 0.0744. The van der Waals surface area contributed by atoms with Gasteiger partial charge in [-0.05, 0) is 63.6 Å². The summed E-state index contributed by atoms with van der Waals surface area (Å²) < 4.78 is 26.7. The monoisotopic (exact) mass is 403 g/mol. The molecule has 28 heavy (non-hydrogen) atoms. The molecule has 0 spiro atoms. The van der Waals surface area contributed by atoms with E-state index >= 15 is 0 Å². The van der Waals surface area contributed by atoms with Crippen molar-refractivity contribution in [1.29, 1.82) is 0 Å². The Bertz CT molecular complexity index is 967. The zero-order chi connectivity index (χ0) is 20.9. The molecule has 0 aliphatic heterocycles. The van der Waals surface area contributed by atoms with Gasteiger partial charge in [0.25, 0.3) is 5.91 Å². The predicted molar refractivity (Wildman–Crippen MR) is 109 cm³/mol. The van der Waals surface area contributed by atoms with Crippen molar-refractivity contribution in [3.8, 4) is 0 Å². The fraction of sp³-hybridized carbons (Fsp3) is 0.300. The lowest BCUT2D eigenvalue weighted by Crippen LogP contribution is -2.33. The molecule has 0 radical (unpaired) electrons. The van der Waals surface area contributed by atoms with Gasteiger partial charge in [-0.25, -0.2) is 13.1 Å². The molecular formula is C20H25N3O4S. The molecule has 0 heterocycles. The number of sulfonamides is 1. The van der Waals surface area contributed by atoms with Crippen LogP contribution < -0.4 is 15.4 Å². The van der Waals surface area contributed by atoms with Gasteiger partial charge in [-0.3, -0.25) is 9.59 Å². The lowest BCUT2D eigenvalue weighted by molar-refractivity contribution is -0.115. The molecule has 0 fully saturated rings. The van der Waals surface area contributed by atoms with E-state index < -0.39 is 15.9 Å². The Labute approximate surface area is 165 Å². The molecule has 0 aromatic heterocycles. The summed E-state index contributed by atoms with van der Waals surface area (Å²) in [5, 5.41) is 5.27. The van der Waals surface area contributed by atoms with E-state index in [1.165, 1.54) is 24.3 Å². The van der Waals surface area contributed by atoms with E-state index in [0.717, 1.165) is 11.1 Å². The summed E-state index contributed by atoms with van der Waals surface area (Å²) in [6, 6.07) is 11.0. The van der Waals surface area contributed by atoms with E-state index in [4.69, 9.17) is 0 Å². The van der Waals surface area contributed by atoms with Crippen LogP contribution in [0.5, 0.6) is 0 Å². The molecule has 0 unspecified atom stereocenters. The number of amides is 2. The van der Waals surface area contributed by atoms with Crippen LogP contribution in [0.2, 0.25) is 0 Å². The molecule has 2 amide bonds. The number of aryl methyl sites for hydroxylation is 2. The molecule has 0 saturated heterocycles. The highest BCUT2D eigenvalue weighted by molar-refractivity contribution is 7.89. The zero-order valence-electron chi connectivity index (χ0n) is 16.4. The number of carbonyl (C=O) groups is 2. The summed E-state index contributed by atoms with van der Waals surface area (Å²) >= 11 is 0. The van der Waals surface area contributed by atoms with Gasteiger partial charge in [0.1, 0.15) is 0 Å². The quantitative estimate of drug-likeness (QED) is 0.660. The number of hydrogen-bond acceptors (Lipinski definition) is 4. The largest absolute Gasteiger partial charge is 0.343 e. The molecule has 0 bridgehead atoms. The number of carbonyl (C=O) groups excluding carboxylic acids is 2. The third-order valence-electron chi connectivity index (χ3n) is 3.88. The van der Waals surface area contributed by atoms with Gasteiger partial charge in [-0.1, -0.05) is 17.7 Å². The first-order valence-corrected chi connectivity index (χ1v) is 10.3. The van der Waals surface area contributed by atoms with Crippen LogP contribution in [-0.4, -0.2) is 32.8 Å². The molecule has 2 aromatic carbocycles. The maximum absolute atomic E-state index is 12.2. The number of anilines is 1. The molecule has 150 valence electrons. The first kappa shape index (κ1) is 21.6. The third-order valence-corrected chi connectivity index (χ3v) is 5.56. The normalized spacial score (nSPS) is 11.3. The Morgan fingerprint density at radius 2 is 1.64 bits per heavy atom. The molecule has 0 saturated carbocycles. The van der Waals surface area contributed by atoms with E-state index in [9.17, 15) is 18.0 Å². The van der Waals surface area contributed by atoms with Gasteiger partial charge >= 0.3 is 0 Å². The lowest BCUT2D eigenvalue weighted by atomic mass is 10.1. The number of nitrogens with one attached hydrogen (secondary N) is 3. The minimum Gasteiger partial charge on any atom is -0.343 e. The van der Waals surface area contributed by atoms with Gasteiger partial charge in [0.15, 0.2) is 0 Å². The topological polar surface area (TPSA) is 104 Å². The highest BCUT2D eigenvalue weighted by atomic mass is 32.2. The predicted octanol–water partition coefficient (Wildman–Crippen LogP) is 2.36.